The van der Waals surface area contributed by atoms with E-state index in [2.05, 4.69) is 24.5 Å². The highest BCUT2D eigenvalue weighted by molar-refractivity contribution is 6.31. The molecule has 3 rings (SSSR count). The molecule has 0 aliphatic heterocycles. The van der Waals surface area contributed by atoms with Crippen molar-refractivity contribution in [2.24, 2.45) is 5.92 Å². The molecule has 0 aliphatic rings. The van der Waals surface area contributed by atoms with Gasteiger partial charge in [0.2, 0.25) is 0 Å². The smallest absolute Gasteiger partial charge is 0.251 e. The van der Waals surface area contributed by atoms with Crippen LogP contribution in [0.4, 0.5) is 10.1 Å². The van der Waals surface area contributed by atoms with Crippen molar-refractivity contribution in [3.8, 4) is 11.5 Å². The van der Waals surface area contributed by atoms with E-state index in [9.17, 15) is 9.18 Å². The van der Waals surface area contributed by atoms with Crippen LogP contribution in [-0.4, -0.2) is 19.6 Å². The van der Waals surface area contributed by atoms with Gasteiger partial charge in [0.05, 0.1) is 12.1 Å². The Bertz CT molecular complexity index is 1080. The largest absolute Gasteiger partial charge is 0.493 e. The number of hydrogen-bond donors (Lipinski definition) is 2. The Hall–Kier alpha value is -3.25. The summed E-state index contributed by atoms with van der Waals surface area (Å²) in [6.07, 6.45) is 0. The van der Waals surface area contributed by atoms with Gasteiger partial charge in [-0.15, -0.1) is 0 Å². The van der Waals surface area contributed by atoms with Crippen LogP contribution < -0.4 is 20.1 Å². The Labute approximate surface area is 198 Å². The molecule has 0 saturated heterocycles. The Morgan fingerprint density at radius 2 is 1.85 bits per heavy atom. The Balaban J connectivity index is 1.63. The van der Waals surface area contributed by atoms with Crippen LogP contribution in [0, 0.1) is 11.7 Å². The highest BCUT2D eigenvalue weighted by Gasteiger charge is 2.11. The zero-order valence-corrected chi connectivity index (χ0v) is 19.7. The van der Waals surface area contributed by atoms with Gasteiger partial charge in [-0.3, -0.25) is 4.79 Å². The lowest BCUT2D eigenvalue weighted by molar-refractivity contribution is 0.0949. The van der Waals surface area contributed by atoms with Gasteiger partial charge in [-0.05, 0) is 53.9 Å². The summed E-state index contributed by atoms with van der Waals surface area (Å²) >= 11 is 6.07. The van der Waals surface area contributed by atoms with Crippen LogP contribution in [0.2, 0.25) is 5.02 Å². The van der Waals surface area contributed by atoms with Crippen LogP contribution in [0.15, 0.2) is 60.7 Å². The van der Waals surface area contributed by atoms with E-state index < -0.39 is 5.82 Å². The second-order valence-electron chi connectivity index (χ2n) is 8.01. The molecule has 7 heteroatoms. The molecule has 0 aromatic heterocycles. The Kier molecular flexibility index (Phi) is 8.55. The topological polar surface area (TPSA) is 59.6 Å². The number of rotatable bonds is 10. The van der Waals surface area contributed by atoms with E-state index >= 15 is 0 Å². The minimum absolute atomic E-state index is 0.00880. The van der Waals surface area contributed by atoms with Gasteiger partial charge in [-0.1, -0.05) is 43.6 Å². The average molecular weight is 471 g/mol. The van der Waals surface area contributed by atoms with Crippen LogP contribution >= 0.6 is 11.6 Å². The van der Waals surface area contributed by atoms with E-state index in [1.165, 1.54) is 6.07 Å². The third-order valence-electron chi connectivity index (χ3n) is 4.95. The van der Waals surface area contributed by atoms with Crippen LogP contribution in [-0.2, 0) is 13.2 Å². The number of carbonyl (C=O) groups excluding carboxylic acids is 1. The van der Waals surface area contributed by atoms with Gasteiger partial charge in [-0.2, -0.15) is 0 Å². The maximum atomic E-state index is 14.0. The van der Waals surface area contributed by atoms with E-state index in [1.807, 2.05) is 30.3 Å². The molecule has 0 saturated carbocycles. The normalized spacial score (nSPS) is 10.7. The van der Waals surface area contributed by atoms with Gasteiger partial charge in [0.1, 0.15) is 12.4 Å². The number of carbonyl (C=O) groups is 1. The van der Waals surface area contributed by atoms with Crippen molar-refractivity contribution in [2.45, 2.75) is 27.0 Å². The summed E-state index contributed by atoms with van der Waals surface area (Å²) in [6.45, 7) is 5.25. The molecule has 5 nitrogen and oxygen atoms in total. The molecule has 0 atom stereocenters. The maximum absolute atomic E-state index is 14.0. The lowest BCUT2D eigenvalue weighted by Crippen LogP contribution is -2.27. The number of methoxy groups -OCH3 is 1. The number of anilines is 1. The predicted molar refractivity (Wildman–Crippen MR) is 130 cm³/mol. The van der Waals surface area contributed by atoms with Gasteiger partial charge in [0.15, 0.2) is 11.5 Å². The van der Waals surface area contributed by atoms with E-state index in [0.717, 1.165) is 11.3 Å². The number of ether oxygens (including phenoxy) is 2. The summed E-state index contributed by atoms with van der Waals surface area (Å²) in [5, 5.41) is 6.56. The fourth-order valence-corrected chi connectivity index (χ4v) is 3.35. The van der Waals surface area contributed by atoms with E-state index in [-0.39, 0.29) is 12.5 Å². The van der Waals surface area contributed by atoms with Crippen LogP contribution in [0.5, 0.6) is 11.5 Å². The fraction of sp³-hybridized carbons (Fsp3) is 0.269. The molecular weight excluding hydrogens is 443 g/mol. The molecular formula is C26H28ClFN2O3. The van der Waals surface area contributed by atoms with Crippen molar-refractivity contribution in [3.63, 3.8) is 0 Å². The van der Waals surface area contributed by atoms with Crippen molar-refractivity contribution in [1.82, 2.24) is 5.32 Å². The molecule has 0 unspecified atom stereocenters. The van der Waals surface area contributed by atoms with Crippen LogP contribution in [0.25, 0.3) is 0 Å². The predicted octanol–water partition coefficient (Wildman–Crippen LogP) is 6.06. The quantitative estimate of drug-likeness (QED) is 0.378. The number of benzene rings is 3. The first-order valence-electron chi connectivity index (χ1n) is 10.7. The summed E-state index contributed by atoms with van der Waals surface area (Å²) in [6, 6.07) is 17.4. The Morgan fingerprint density at radius 1 is 1.06 bits per heavy atom. The summed E-state index contributed by atoms with van der Waals surface area (Å²) in [4.78, 5) is 12.3. The molecule has 1 amide bonds. The third kappa shape index (κ3) is 6.86. The zero-order chi connectivity index (χ0) is 23.8. The van der Waals surface area contributed by atoms with Crippen molar-refractivity contribution >= 4 is 23.2 Å². The van der Waals surface area contributed by atoms with Crippen LogP contribution in [0.3, 0.4) is 0 Å². The number of halogens is 2. The van der Waals surface area contributed by atoms with Crippen molar-refractivity contribution in [2.75, 3.05) is 19.0 Å². The number of hydrogen-bond acceptors (Lipinski definition) is 4. The summed E-state index contributed by atoms with van der Waals surface area (Å²) in [7, 11) is 1.55. The highest BCUT2D eigenvalue weighted by Crippen LogP contribution is 2.30. The van der Waals surface area contributed by atoms with E-state index in [4.69, 9.17) is 21.1 Å². The van der Waals surface area contributed by atoms with Gasteiger partial charge in [0, 0.05) is 29.9 Å². The fourth-order valence-electron chi connectivity index (χ4n) is 3.13. The summed E-state index contributed by atoms with van der Waals surface area (Å²) in [5.74, 6) is 0.904. The van der Waals surface area contributed by atoms with Gasteiger partial charge in [-0.25, -0.2) is 4.39 Å². The van der Waals surface area contributed by atoms with E-state index in [0.29, 0.717) is 46.7 Å². The molecule has 0 heterocycles. The molecule has 0 spiro atoms. The minimum Gasteiger partial charge on any atom is -0.493 e. The Morgan fingerprint density at radius 3 is 2.58 bits per heavy atom. The molecule has 0 aliphatic carbocycles. The third-order valence-corrected chi connectivity index (χ3v) is 5.31. The lowest BCUT2D eigenvalue weighted by Gasteiger charge is -2.14. The zero-order valence-electron chi connectivity index (χ0n) is 19.0. The molecule has 0 radical (unpaired) electrons. The second kappa shape index (κ2) is 11.6. The first-order chi connectivity index (χ1) is 15.9. The first kappa shape index (κ1) is 24.4. The first-order valence-corrected chi connectivity index (χ1v) is 11.1. The standard InChI is InChI=1S/C26H28ClFN2O3/c1-17(2)14-30-26(31)19-6-4-7-20(13-19)29-15-18-10-11-24(25(12-18)32-3)33-16-21-22(27)8-5-9-23(21)28/h4-13,17,29H,14-16H2,1-3H3,(H,30,31). The van der Waals surface area contributed by atoms with Crippen molar-refractivity contribution < 1.29 is 18.7 Å². The molecule has 0 fully saturated rings. The molecule has 3 aromatic rings. The van der Waals surface area contributed by atoms with Gasteiger partial charge < -0.3 is 20.1 Å². The average Bonchev–Trinajstić information content (AvgIpc) is 2.81. The molecule has 174 valence electrons. The number of nitrogens with one attached hydrogen (secondary N) is 2. The van der Waals surface area contributed by atoms with Crippen molar-refractivity contribution in [1.29, 1.82) is 0 Å². The monoisotopic (exact) mass is 470 g/mol. The summed E-state index contributed by atoms with van der Waals surface area (Å²) in [5.41, 5.74) is 2.69. The molecule has 2 N–H and O–H groups in total. The van der Waals surface area contributed by atoms with Crippen LogP contribution in [0.1, 0.15) is 35.3 Å². The maximum Gasteiger partial charge on any atom is 0.251 e. The van der Waals surface area contributed by atoms with Crippen molar-refractivity contribution in [3.05, 3.63) is 88.2 Å². The van der Waals surface area contributed by atoms with E-state index in [1.54, 1.807) is 31.4 Å². The minimum atomic E-state index is -0.414. The lowest BCUT2D eigenvalue weighted by atomic mass is 10.1. The second-order valence-corrected chi connectivity index (χ2v) is 8.42. The van der Waals surface area contributed by atoms with Gasteiger partial charge >= 0.3 is 0 Å². The summed E-state index contributed by atoms with van der Waals surface area (Å²) < 4.78 is 25.2. The molecule has 0 bridgehead atoms. The molecule has 33 heavy (non-hydrogen) atoms. The molecule has 3 aromatic carbocycles. The highest BCUT2D eigenvalue weighted by atomic mass is 35.5. The van der Waals surface area contributed by atoms with Gasteiger partial charge in [0.25, 0.3) is 5.91 Å². The SMILES string of the molecule is COc1cc(CNc2cccc(C(=O)NCC(C)C)c2)ccc1OCc1c(F)cccc1Cl. The number of amides is 1.